The molecule has 1 amide bonds. The minimum absolute atomic E-state index is 0.00704. The molecule has 5 heteroatoms. The van der Waals surface area contributed by atoms with Crippen LogP contribution < -0.4 is 11.1 Å². The van der Waals surface area contributed by atoms with Crippen molar-refractivity contribution in [3.05, 3.63) is 0 Å². The van der Waals surface area contributed by atoms with Crippen LogP contribution in [-0.2, 0) is 9.59 Å². The van der Waals surface area contributed by atoms with Gasteiger partial charge in [0.25, 0.3) is 0 Å². The molecule has 1 rings (SSSR count). The average molecular weight is 214 g/mol. The van der Waals surface area contributed by atoms with Crippen LogP contribution in [0.1, 0.15) is 26.2 Å². The van der Waals surface area contributed by atoms with Gasteiger partial charge in [-0.25, -0.2) is 0 Å². The number of carboxylic acids is 1. The molecule has 0 aromatic rings. The first-order valence-electron chi connectivity index (χ1n) is 5.27. The Balaban J connectivity index is 2.36. The summed E-state index contributed by atoms with van der Waals surface area (Å²) >= 11 is 0. The molecule has 86 valence electrons. The third-order valence-corrected chi connectivity index (χ3v) is 2.93. The van der Waals surface area contributed by atoms with Crippen LogP contribution >= 0.6 is 0 Å². The first-order valence-corrected chi connectivity index (χ1v) is 5.27. The van der Waals surface area contributed by atoms with Crippen molar-refractivity contribution in [3.63, 3.8) is 0 Å². The molecule has 15 heavy (non-hydrogen) atoms. The Morgan fingerprint density at radius 2 is 2.20 bits per heavy atom. The van der Waals surface area contributed by atoms with Crippen LogP contribution in [0.25, 0.3) is 0 Å². The monoisotopic (exact) mass is 214 g/mol. The SMILES string of the molecule is CC(CN)C(=O)NC1CCC(C(=O)O)C1. The predicted octanol–water partition coefficient (Wildman–Crippen LogP) is -0.0493. The summed E-state index contributed by atoms with van der Waals surface area (Å²) in [7, 11) is 0. The van der Waals surface area contributed by atoms with Gasteiger partial charge in [-0.2, -0.15) is 0 Å². The van der Waals surface area contributed by atoms with Crippen LogP contribution in [0.5, 0.6) is 0 Å². The molecule has 3 unspecified atom stereocenters. The third-order valence-electron chi connectivity index (χ3n) is 2.93. The number of amides is 1. The van der Waals surface area contributed by atoms with Gasteiger partial charge in [0, 0.05) is 18.5 Å². The molecule has 0 heterocycles. The minimum Gasteiger partial charge on any atom is -0.481 e. The van der Waals surface area contributed by atoms with E-state index in [9.17, 15) is 9.59 Å². The predicted molar refractivity (Wildman–Crippen MR) is 55.1 cm³/mol. The van der Waals surface area contributed by atoms with E-state index in [0.717, 1.165) is 6.42 Å². The Bertz CT molecular complexity index is 255. The van der Waals surface area contributed by atoms with Gasteiger partial charge in [0.05, 0.1) is 5.92 Å². The summed E-state index contributed by atoms with van der Waals surface area (Å²) in [4.78, 5) is 22.2. The maximum atomic E-state index is 11.5. The second-order valence-electron chi connectivity index (χ2n) is 4.19. The average Bonchev–Trinajstić information content (AvgIpc) is 2.65. The van der Waals surface area contributed by atoms with E-state index in [-0.39, 0.29) is 23.8 Å². The van der Waals surface area contributed by atoms with E-state index in [0.29, 0.717) is 19.4 Å². The van der Waals surface area contributed by atoms with Crippen molar-refractivity contribution in [1.29, 1.82) is 0 Å². The zero-order valence-electron chi connectivity index (χ0n) is 8.90. The van der Waals surface area contributed by atoms with Gasteiger partial charge in [0.15, 0.2) is 0 Å². The fourth-order valence-electron chi connectivity index (χ4n) is 1.79. The van der Waals surface area contributed by atoms with Crippen LogP contribution in [0.3, 0.4) is 0 Å². The van der Waals surface area contributed by atoms with Crippen molar-refractivity contribution in [1.82, 2.24) is 5.32 Å². The van der Waals surface area contributed by atoms with E-state index < -0.39 is 5.97 Å². The highest BCUT2D eigenvalue weighted by atomic mass is 16.4. The molecule has 1 fully saturated rings. The zero-order valence-corrected chi connectivity index (χ0v) is 8.90. The number of hydrogen-bond donors (Lipinski definition) is 3. The molecule has 0 aromatic carbocycles. The van der Waals surface area contributed by atoms with E-state index in [1.807, 2.05) is 0 Å². The maximum Gasteiger partial charge on any atom is 0.306 e. The highest BCUT2D eigenvalue weighted by molar-refractivity contribution is 5.79. The molecule has 1 saturated carbocycles. The fraction of sp³-hybridized carbons (Fsp3) is 0.800. The van der Waals surface area contributed by atoms with E-state index in [1.54, 1.807) is 6.92 Å². The summed E-state index contributed by atoms with van der Waals surface area (Å²) in [5, 5.41) is 11.6. The van der Waals surface area contributed by atoms with Gasteiger partial charge in [-0.1, -0.05) is 6.92 Å². The number of rotatable bonds is 4. The topological polar surface area (TPSA) is 92.4 Å². The lowest BCUT2D eigenvalue weighted by Crippen LogP contribution is -2.39. The quantitative estimate of drug-likeness (QED) is 0.611. The van der Waals surface area contributed by atoms with Crippen molar-refractivity contribution in [2.24, 2.45) is 17.6 Å². The number of carbonyl (C=O) groups excluding carboxylic acids is 1. The summed E-state index contributed by atoms with van der Waals surface area (Å²) in [5.41, 5.74) is 5.37. The number of carbonyl (C=O) groups is 2. The molecule has 5 nitrogen and oxygen atoms in total. The first-order chi connectivity index (χ1) is 7.04. The molecule has 3 atom stereocenters. The summed E-state index contributed by atoms with van der Waals surface area (Å²) in [5.74, 6) is -1.34. The van der Waals surface area contributed by atoms with Crippen LogP contribution in [0.4, 0.5) is 0 Å². The Morgan fingerprint density at radius 3 is 2.67 bits per heavy atom. The van der Waals surface area contributed by atoms with Crippen molar-refractivity contribution < 1.29 is 14.7 Å². The van der Waals surface area contributed by atoms with E-state index in [4.69, 9.17) is 10.8 Å². The molecule has 0 aromatic heterocycles. The van der Waals surface area contributed by atoms with Gasteiger partial charge in [0.1, 0.15) is 0 Å². The second kappa shape index (κ2) is 5.11. The van der Waals surface area contributed by atoms with E-state index in [2.05, 4.69) is 5.32 Å². The molecule has 0 saturated heterocycles. The molecular weight excluding hydrogens is 196 g/mol. The molecule has 4 N–H and O–H groups in total. The molecule has 0 aliphatic heterocycles. The summed E-state index contributed by atoms with van der Waals surface area (Å²) in [6.45, 7) is 2.08. The molecular formula is C10H18N2O3. The Morgan fingerprint density at radius 1 is 1.53 bits per heavy atom. The molecule has 0 bridgehead atoms. The lowest BCUT2D eigenvalue weighted by atomic mass is 10.1. The van der Waals surface area contributed by atoms with Crippen LogP contribution in [-0.4, -0.2) is 29.6 Å². The van der Waals surface area contributed by atoms with Crippen molar-refractivity contribution >= 4 is 11.9 Å². The van der Waals surface area contributed by atoms with Crippen molar-refractivity contribution in [2.75, 3.05) is 6.54 Å². The fourth-order valence-corrected chi connectivity index (χ4v) is 1.79. The second-order valence-corrected chi connectivity index (χ2v) is 4.19. The standard InChI is InChI=1S/C10H18N2O3/c1-6(5-11)9(13)12-8-3-2-7(4-8)10(14)15/h6-8H,2-5,11H2,1H3,(H,12,13)(H,14,15). The summed E-state index contributed by atoms with van der Waals surface area (Å²) in [6, 6.07) is 0.00704. The number of nitrogens with two attached hydrogens (primary N) is 1. The Hall–Kier alpha value is -1.10. The van der Waals surface area contributed by atoms with Crippen LogP contribution in [0.15, 0.2) is 0 Å². The molecule has 1 aliphatic carbocycles. The largest absolute Gasteiger partial charge is 0.481 e. The highest BCUT2D eigenvalue weighted by Gasteiger charge is 2.30. The van der Waals surface area contributed by atoms with Gasteiger partial charge in [0.2, 0.25) is 5.91 Å². The van der Waals surface area contributed by atoms with Gasteiger partial charge < -0.3 is 16.2 Å². The van der Waals surface area contributed by atoms with Gasteiger partial charge in [-0.05, 0) is 19.3 Å². The normalized spacial score (nSPS) is 27.3. The summed E-state index contributed by atoms with van der Waals surface area (Å²) in [6.07, 6.45) is 1.94. The van der Waals surface area contributed by atoms with E-state index in [1.165, 1.54) is 0 Å². The minimum atomic E-state index is -0.765. The number of hydrogen-bond acceptors (Lipinski definition) is 3. The lowest BCUT2D eigenvalue weighted by molar-refractivity contribution is -0.141. The lowest BCUT2D eigenvalue weighted by Gasteiger charge is -2.15. The van der Waals surface area contributed by atoms with Crippen molar-refractivity contribution in [3.8, 4) is 0 Å². The van der Waals surface area contributed by atoms with Gasteiger partial charge in [-0.15, -0.1) is 0 Å². The number of carboxylic acid groups (broad SMARTS) is 1. The van der Waals surface area contributed by atoms with Gasteiger partial charge in [-0.3, -0.25) is 9.59 Å². The molecule has 0 spiro atoms. The summed E-state index contributed by atoms with van der Waals surface area (Å²) < 4.78 is 0. The smallest absolute Gasteiger partial charge is 0.306 e. The van der Waals surface area contributed by atoms with Crippen LogP contribution in [0.2, 0.25) is 0 Å². The molecule has 0 radical (unpaired) electrons. The maximum absolute atomic E-state index is 11.5. The van der Waals surface area contributed by atoms with Crippen LogP contribution in [0, 0.1) is 11.8 Å². The highest BCUT2D eigenvalue weighted by Crippen LogP contribution is 2.25. The number of nitrogens with one attached hydrogen (secondary N) is 1. The Labute approximate surface area is 89.0 Å². The Kier molecular flexibility index (Phi) is 4.08. The first kappa shape index (κ1) is 12.0. The molecule has 1 aliphatic rings. The van der Waals surface area contributed by atoms with Crippen molar-refractivity contribution in [2.45, 2.75) is 32.2 Å². The van der Waals surface area contributed by atoms with E-state index >= 15 is 0 Å². The van der Waals surface area contributed by atoms with Gasteiger partial charge >= 0.3 is 5.97 Å². The third kappa shape index (κ3) is 3.20. The number of aliphatic carboxylic acids is 1. The zero-order chi connectivity index (χ0) is 11.4.